The molecule has 2 heteroatoms. The highest BCUT2D eigenvalue weighted by atomic mass is 79.9. The summed E-state index contributed by atoms with van der Waals surface area (Å²) in [5.41, 5.74) is 0.456. The van der Waals surface area contributed by atoms with Crippen molar-refractivity contribution in [2.24, 2.45) is 11.3 Å². The van der Waals surface area contributed by atoms with Gasteiger partial charge in [-0.2, -0.15) is 0 Å². The molecule has 0 aliphatic heterocycles. The van der Waals surface area contributed by atoms with Crippen LogP contribution in [-0.2, 0) is 4.74 Å². The first-order valence-electron chi connectivity index (χ1n) is 7.95. The molecular formula is C16H29BrO. The Kier molecular flexibility index (Phi) is 6.00. The molecular weight excluding hydrogens is 288 g/mol. The van der Waals surface area contributed by atoms with Gasteiger partial charge in [0.2, 0.25) is 0 Å². The molecule has 0 bridgehead atoms. The molecule has 2 aliphatic rings. The Morgan fingerprint density at radius 1 is 1.11 bits per heavy atom. The molecule has 0 N–H and O–H groups in total. The van der Waals surface area contributed by atoms with Crippen LogP contribution in [0.4, 0.5) is 0 Å². The zero-order valence-electron chi connectivity index (χ0n) is 11.9. The number of rotatable bonds is 5. The fraction of sp³-hybridized carbons (Fsp3) is 1.00. The highest BCUT2D eigenvalue weighted by molar-refractivity contribution is 9.09. The maximum atomic E-state index is 6.32. The van der Waals surface area contributed by atoms with E-state index in [-0.39, 0.29) is 0 Å². The van der Waals surface area contributed by atoms with Crippen LogP contribution in [0.3, 0.4) is 0 Å². The molecule has 0 saturated heterocycles. The lowest BCUT2D eigenvalue weighted by Gasteiger charge is -2.38. The van der Waals surface area contributed by atoms with E-state index in [4.69, 9.17) is 4.74 Å². The molecule has 0 heterocycles. The van der Waals surface area contributed by atoms with E-state index in [9.17, 15) is 0 Å². The first kappa shape index (κ1) is 14.8. The highest BCUT2D eigenvalue weighted by Gasteiger charge is 2.33. The number of hydrogen-bond donors (Lipinski definition) is 0. The van der Waals surface area contributed by atoms with Crippen LogP contribution in [0, 0.1) is 11.3 Å². The molecule has 0 amide bonds. The molecule has 106 valence electrons. The number of halogens is 1. The Balaban J connectivity index is 1.78. The second-order valence-corrected chi connectivity index (χ2v) is 7.13. The van der Waals surface area contributed by atoms with Gasteiger partial charge >= 0.3 is 0 Å². The third kappa shape index (κ3) is 3.96. The zero-order valence-corrected chi connectivity index (χ0v) is 13.5. The van der Waals surface area contributed by atoms with Gasteiger partial charge in [0.25, 0.3) is 0 Å². The van der Waals surface area contributed by atoms with Gasteiger partial charge in [0, 0.05) is 10.7 Å². The molecule has 0 aromatic rings. The molecule has 18 heavy (non-hydrogen) atoms. The number of alkyl halides is 1. The van der Waals surface area contributed by atoms with Crippen LogP contribution in [0.15, 0.2) is 0 Å². The molecule has 0 spiro atoms. The fourth-order valence-corrected chi connectivity index (χ4v) is 4.40. The zero-order chi connectivity index (χ0) is 12.8. The largest absolute Gasteiger partial charge is 0.378 e. The lowest BCUT2D eigenvalue weighted by atomic mass is 9.76. The molecule has 2 rings (SSSR count). The summed E-state index contributed by atoms with van der Waals surface area (Å²) >= 11 is 3.74. The van der Waals surface area contributed by atoms with Crippen molar-refractivity contribution in [3.05, 3.63) is 0 Å². The van der Waals surface area contributed by atoms with Crippen LogP contribution in [0.5, 0.6) is 0 Å². The summed E-state index contributed by atoms with van der Waals surface area (Å²) in [6.45, 7) is 3.33. The van der Waals surface area contributed by atoms with E-state index in [2.05, 4.69) is 22.9 Å². The van der Waals surface area contributed by atoms with Crippen LogP contribution in [0.2, 0.25) is 0 Å². The van der Waals surface area contributed by atoms with Crippen molar-refractivity contribution >= 4 is 15.9 Å². The van der Waals surface area contributed by atoms with Crippen molar-refractivity contribution in [3.63, 3.8) is 0 Å². The fourth-order valence-electron chi connectivity index (χ4n) is 3.68. The monoisotopic (exact) mass is 316 g/mol. The van der Waals surface area contributed by atoms with Crippen LogP contribution in [-0.4, -0.2) is 18.0 Å². The number of ether oxygens (including phenoxy) is 1. The van der Waals surface area contributed by atoms with Crippen LogP contribution in [0.25, 0.3) is 0 Å². The predicted molar refractivity (Wildman–Crippen MR) is 81.3 cm³/mol. The van der Waals surface area contributed by atoms with Crippen LogP contribution in [0.1, 0.15) is 71.1 Å². The molecule has 0 aromatic carbocycles. The van der Waals surface area contributed by atoms with Gasteiger partial charge in [0.1, 0.15) is 0 Å². The second-order valence-electron chi connectivity index (χ2n) is 6.57. The standard InChI is InChI=1S/C16H29BrO/c1-2-14-7-6-8-15(11-14)18-13-16(12-17)9-4-3-5-10-16/h14-15H,2-13H2,1H3. The van der Waals surface area contributed by atoms with Gasteiger partial charge in [0.05, 0.1) is 12.7 Å². The molecule has 2 aliphatic carbocycles. The van der Waals surface area contributed by atoms with E-state index in [0.29, 0.717) is 11.5 Å². The van der Waals surface area contributed by atoms with Gasteiger partial charge in [-0.25, -0.2) is 0 Å². The van der Waals surface area contributed by atoms with Gasteiger partial charge < -0.3 is 4.74 Å². The summed E-state index contributed by atoms with van der Waals surface area (Å²) in [5, 5.41) is 1.13. The van der Waals surface area contributed by atoms with Crippen molar-refractivity contribution in [1.82, 2.24) is 0 Å². The summed E-state index contributed by atoms with van der Waals surface area (Å²) in [6.07, 6.45) is 14.3. The first-order chi connectivity index (χ1) is 8.78. The molecule has 2 fully saturated rings. The Hall–Kier alpha value is 0.440. The normalized spacial score (nSPS) is 32.3. The van der Waals surface area contributed by atoms with Crippen LogP contribution >= 0.6 is 15.9 Å². The minimum Gasteiger partial charge on any atom is -0.378 e. The molecule has 2 unspecified atom stereocenters. The summed E-state index contributed by atoms with van der Waals surface area (Å²) in [6, 6.07) is 0. The van der Waals surface area contributed by atoms with Gasteiger partial charge in [0.15, 0.2) is 0 Å². The maximum Gasteiger partial charge on any atom is 0.0578 e. The maximum absolute atomic E-state index is 6.32. The first-order valence-corrected chi connectivity index (χ1v) is 9.08. The topological polar surface area (TPSA) is 9.23 Å². The Morgan fingerprint density at radius 3 is 2.56 bits per heavy atom. The van der Waals surface area contributed by atoms with E-state index in [1.165, 1.54) is 64.2 Å². The summed E-state index contributed by atoms with van der Waals surface area (Å²) in [5.74, 6) is 0.926. The Labute approximate surface area is 121 Å². The lowest BCUT2D eigenvalue weighted by molar-refractivity contribution is -0.0389. The van der Waals surface area contributed by atoms with Gasteiger partial charge in [-0.1, -0.05) is 61.4 Å². The molecule has 2 saturated carbocycles. The smallest absolute Gasteiger partial charge is 0.0578 e. The molecule has 1 nitrogen and oxygen atoms in total. The Morgan fingerprint density at radius 2 is 1.89 bits per heavy atom. The highest BCUT2D eigenvalue weighted by Crippen LogP contribution is 2.39. The van der Waals surface area contributed by atoms with Gasteiger partial charge in [-0.05, 0) is 31.6 Å². The lowest BCUT2D eigenvalue weighted by Crippen LogP contribution is -2.34. The van der Waals surface area contributed by atoms with Crippen molar-refractivity contribution in [3.8, 4) is 0 Å². The average Bonchev–Trinajstić information content (AvgIpc) is 2.46. The van der Waals surface area contributed by atoms with E-state index in [0.717, 1.165) is 17.9 Å². The SMILES string of the molecule is CCC1CCCC(OCC2(CBr)CCCCC2)C1. The predicted octanol–water partition coefficient (Wildman–Crippen LogP) is 5.32. The van der Waals surface area contributed by atoms with E-state index < -0.39 is 0 Å². The minimum absolute atomic E-state index is 0.456. The van der Waals surface area contributed by atoms with Crippen molar-refractivity contribution in [2.45, 2.75) is 77.2 Å². The molecule has 2 atom stereocenters. The Bertz CT molecular complexity index is 235. The minimum atomic E-state index is 0.456. The summed E-state index contributed by atoms with van der Waals surface area (Å²) < 4.78 is 6.32. The van der Waals surface area contributed by atoms with Crippen LogP contribution < -0.4 is 0 Å². The quantitative estimate of drug-likeness (QED) is 0.624. The molecule has 0 aromatic heterocycles. The second kappa shape index (κ2) is 7.28. The van der Waals surface area contributed by atoms with E-state index >= 15 is 0 Å². The van der Waals surface area contributed by atoms with Crippen molar-refractivity contribution < 1.29 is 4.74 Å². The van der Waals surface area contributed by atoms with Crippen molar-refractivity contribution in [2.75, 3.05) is 11.9 Å². The third-order valence-electron chi connectivity index (χ3n) is 5.13. The van der Waals surface area contributed by atoms with Gasteiger partial charge in [-0.3, -0.25) is 0 Å². The molecule has 0 radical (unpaired) electrons. The van der Waals surface area contributed by atoms with Crippen molar-refractivity contribution in [1.29, 1.82) is 0 Å². The average molecular weight is 317 g/mol. The number of hydrogen-bond acceptors (Lipinski definition) is 1. The third-order valence-corrected chi connectivity index (χ3v) is 6.32. The van der Waals surface area contributed by atoms with E-state index in [1.54, 1.807) is 0 Å². The summed E-state index contributed by atoms with van der Waals surface area (Å²) in [7, 11) is 0. The van der Waals surface area contributed by atoms with E-state index in [1.807, 2.05) is 0 Å². The van der Waals surface area contributed by atoms with Gasteiger partial charge in [-0.15, -0.1) is 0 Å². The summed E-state index contributed by atoms with van der Waals surface area (Å²) in [4.78, 5) is 0.